The topological polar surface area (TPSA) is 54.0 Å². The molecule has 0 aliphatic heterocycles. The summed E-state index contributed by atoms with van der Waals surface area (Å²) in [5.74, 6) is -0.165. The van der Waals surface area contributed by atoms with Gasteiger partial charge in [0.1, 0.15) is 11.6 Å². The molecule has 2 aromatic rings. The number of hydrogen-bond acceptors (Lipinski definition) is 3. The fourth-order valence-electron chi connectivity index (χ4n) is 1.90. The predicted molar refractivity (Wildman–Crippen MR) is 82.1 cm³/mol. The van der Waals surface area contributed by atoms with Crippen LogP contribution in [-0.2, 0) is 0 Å². The number of anilines is 2. The highest BCUT2D eigenvalue weighted by Crippen LogP contribution is 2.20. The summed E-state index contributed by atoms with van der Waals surface area (Å²) in [6.07, 6.45) is 2.52. The molecule has 2 rings (SSSR count). The monoisotopic (exact) mass is 287 g/mol. The molecule has 110 valence electrons. The number of carbonyl (C=O) groups excluding carboxylic acids is 1. The molecule has 2 N–H and O–H groups in total. The molecule has 21 heavy (non-hydrogen) atoms. The van der Waals surface area contributed by atoms with Gasteiger partial charge >= 0.3 is 0 Å². The van der Waals surface area contributed by atoms with Crippen LogP contribution in [0.3, 0.4) is 0 Å². The normalized spacial score (nSPS) is 10.2. The minimum absolute atomic E-state index is 0.211. The average molecular weight is 287 g/mol. The van der Waals surface area contributed by atoms with Crippen molar-refractivity contribution in [1.82, 2.24) is 4.98 Å². The number of aryl methyl sites for hydroxylation is 1. The highest BCUT2D eigenvalue weighted by molar-refractivity contribution is 6.05. The zero-order valence-corrected chi connectivity index (χ0v) is 12.1. The van der Waals surface area contributed by atoms with Gasteiger partial charge in [-0.05, 0) is 37.1 Å². The fourth-order valence-corrected chi connectivity index (χ4v) is 1.90. The van der Waals surface area contributed by atoms with Crippen LogP contribution >= 0.6 is 0 Å². The first-order chi connectivity index (χ1) is 10.1. The molecule has 0 fully saturated rings. The third-order valence-electron chi connectivity index (χ3n) is 3.04. The number of hydrogen-bond donors (Lipinski definition) is 2. The van der Waals surface area contributed by atoms with Crippen molar-refractivity contribution in [3.8, 4) is 0 Å². The molecule has 1 amide bonds. The van der Waals surface area contributed by atoms with Crippen molar-refractivity contribution in [2.75, 3.05) is 17.2 Å². The van der Waals surface area contributed by atoms with E-state index in [2.05, 4.69) is 15.6 Å². The number of rotatable bonds is 5. The van der Waals surface area contributed by atoms with Crippen LogP contribution in [0.25, 0.3) is 0 Å². The van der Waals surface area contributed by atoms with Crippen molar-refractivity contribution in [1.29, 1.82) is 0 Å². The molecular weight excluding hydrogens is 269 g/mol. The van der Waals surface area contributed by atoms with E-state index in [-0.39, 0.29) is 11.6 Å². The molecule has 1 aromatic carbocycles. The number of aromatic nitrogens is 1. The van der Waals surface area contributed by atoms with Crippen LogP contribution in [0.5, 0.6) is 0 Å². The lowest BCUT2D eigenvalue weighted by molar-refractivity contribution is 0.102. The van der Waals surface area contributed by atoms with Gasteiger partial charge in [0, 0.05) is 18.3 Å². The van der Waals surface area contributed by atoms with E-state index in [0.29, 0.717) is 16.9 Å². The molecule has 0 aliphatic rings. The molecule has 0 spiro atoms. The van der Waals surface area contributed by atoms with Crippen LogP contribution in [0.2, 0.25) is 0 Å². The molecule has 1 heterocycles. The van der Waals surface area contributed by atoms with Crippen LogP contribution in [0.1, 0.15) is 29.3 Å². The van der Waals surface area contributed by atoms with Crippen molar-refractivity contribution in [3.63, 3.8) is 0 Å². The van der Waals surface area contributed by atoms with E-state index in [1.807, 2.05) is 6.92 Å². The number of benzene rings is 1. The maximum Gasteiger partial charge on any atom is 0.255 e. The van der Waals surface area contributed by atoms with E-state index in [4.69, 9.17) is 0 Å². The fraction of sp³-hybridized carbons (Fsp3) is 0.250. The highest BCUT2D eigenvalue weighted by atomic mass is 19.1. The smallest absolute Gasteiger partial charge is 0.255 e. The summed E-state index contributed by atoms with van der Waals surface area (Å²) in [4.78, 5) is 16.3. The summed E-state index contributed by atoms with van der Waals surface area (Å²) in [6, 6.07) is 7.94. The Bertz CT molecular complexity index is 623. The Morgan fingerprint density at radius 2 is 2.14 bits per heavy atom. The van der Waals surface area contributed by atoms with Crippen molar-refractivity contribution in [2.24, 2.45) is 0 Å². The van der Waals surface area contributed by atoms with Crippen LogP contribution in [0, 0.1) is 12.7 Å². The van der Waals surface area contributed by atoms with Gasteiger partial charge < -0.3 is 10.6 Å². The minimum Gasteiger partial charge on any atom is -0.370 e. The molecule has 4 nitrogen and oxygen atoms in total. The Labute approximate surface area is 123 Å². The number of pyridine rings is 1. The predicted octanol–water partition coefficient (Wildman–Crippen LogP) is 3.60. The van der Waals surface area contributed by atoms with Crippen molar-refractivity contribution in [2.45, 2.75) is 20.3 Å². The lowest BCUT2D eigenvalue weighted by atomic mass is 10.1. The Hall–Kier alpha value is -2.43. The molecule has 0 aliphatic carbocycles. The van der Waals surface area contributed by atoms with Gasteiger partial charge in [0.15, 0.2) is 0 Å². The molecule has 0 atom stereocenters. The Balaban J connectivity index is 2.17. The van der Waals surface area contributed by atoms with Crippen LogP contribution in [0.15, 0.2) is 36.5 Å². The number of para-hydroxylation sites is 1. The minimum atomic E-state index is -0.443. The third kappa shape index (κ3) is 3.78. The van der Waals surface area contributed by atoms with Gasteiger partial charge in [0.25, 0.3) is 5.91 Å². The molecule has 0 bridgehead atoms. The molecular formula is C16H18FN3O. The standard InChI is InChI=1S/C16H18FN3O/c1-3-8-18-14-10-12(7-9-19-14)16(21)20-15-11(2)5-4-6-13(15)17/h4-7,9-10H,3,8H2,1-2H3,(H,18,19)(H,20,21). The number of nitrogens with zero attached hydrogens (tertiary/aromatic N) is 1. The molecule has 0 unspecified atom stereocenters. The summed E-state index contributed by atoms with van der Waals surface area (Å²) in [5.41, 5.74) is 1.33. The Morgan fingerprint density at radius 3 is 2.86 bits per heavy atom. The lowest BCUT2D eigenvalue weighted by Gasteiger charge is -2.10. The van der Waals surface area contributed by atoms with E-state index in [1.165, 1.54) is 6.07 Å². The molecule has 1 aromatic heterocycles. The first-order valence-electron chi connectivity index (χ1n) is 6.88. The number of halogens is 1. The van der Waals surface area contributed by atoms with Gasteiger partial charge in [-0.15, -0.1) is 0 Å². The van der Waals surface area contributed by atoms with E-state index in [1.54, 1.807) is 37.4 Å². The largest absolute Gasteiger partial charge is 0.370 e. The average Bonchev–Trinajstić information content (AvgIpc) is 2.49. The summed E-state index contributed by atoms with van der Waals surface area (Å²) in [7, 11) is 0. The van der Waals surface area contributed by atoms with Gasteiger partial charge in [-0.25, -0.2) is 9.37 Å². The second-order valence-electron chi connectivity index (χ2n) is 4.74. The highest BCUT2D eigenvalue weighted by Gasteiger charge is 2.12. The van der Waals surface area contributed by atoms with Gasteiger partial charge in [0.2, 0.25) is 0 Å². The molecule has 0 saturated heterocycles. The van der Waals surface area contributed by atoms with Gasteiger partial charge in [-0.1, -0.05) is 19.1 Å². The van der Waals surface area contributed by atoms with Crippen LogP contribution in [0.4, 0.5) is 15.9 Å². The van der Waals surface area contributed by atoms with Gasteiger partial charge in [-0.2, -0.15) is 0 Å². The first kappa shape index (κ1) is 15.0. The zero-order valence-electron chi connectivity index (χ0n) is 12.1. The molecule has 0 radical (unpaired) electrons. The Morgan fingerprint density at radius 1 is 1.33 bits per heavy atom. The van der Waals surface area contributed by atoms with E-state index < -0.39 is 5.82 Å². The number of carbonyl (C=O) groups is 1. The number of nitrogens with one attached hydrogen (secondary N) is 2. The lowest BCUT2D eigenvalue weighted by Crippen LogP contribution is -2.14. The van der Waals surface area contributed by atoms with Crippen molar-refractivity contribution >= 4 is 17.4 Å². The van der Waals surface area contributed by atoms with E-state index in [9.17, 15) is 9.18 Å². The summed E-state index contributed by atoms with van der Waals surface area (Å²) in [5, 5.41) is 5.72. The van der Waals surface area contributed by atoms with Gasteiger partial charge in [-0.3, -0.25) is 4.79 Å². The van der Waals surface area contributed by atoms with Crippen molar-refractivity contribution < 1.29 is 9.18 Å². The second-order valence-corrected chi connectivity index (χ2v) is 4.74. The van der Waals surface area contributed by atoms with Crippen molar-refractivity contribution in [3.05, 3.63) is 53.5 Å². The summed E-state index contributed by atoms with van der Waals surface area (Å²) >= 11 is 0. The molecule has 0 saturated carbocycles. The SMILES string of the molecule is CCCNc1cc(C(=O)Nc2c(C)cccc2F)ccn1. The maximum atomic E-state index is 13.7. The van der Waals surface area contributed by atoms with Crippen LogP contribution < -0.4 is 10.6 Å². The number of amides is 1. The van der Waals surface area contributed by atoms with Gasteiger partial charge in [0.05, 0.1) is 5.69 Å². The zero-order chi connectivity index (χ0) is 15.2. The third-order valence-corrected chi connectivity index (χ3v) is 3.04. The first-order valence-corrected chi connectivity index (χ1v) is 6.88. The van der Waals surface area contributed by atoms with E-state index in [0.717, 1.165) is 13.0 Å². The Kier molecular flexibility index (Phi) is 4.87. The van der Waals surface area contributed by atoms with E-state index >= 15 is 0 Å². The maximum absolute atomic E-state index is 13.7. The summed E-state index contributed by atoms with van der Waals surface area (Å²) in [6.45, 7) is 4.58. The molecule has 5 heteroatoms. The summed E-state index contributed by atoms with van der Waals surface area (Å²) < 4.78 is 13.7. The van der Waals surface area contributed by atoms with Crippen LogP contribution in [-0.4, -0.2) is 17.4 Å². The second kappa shape index (κ2) is 6.83. The quantitative estimate of drug-likeness (QED) is 0.883.